The van der Waals surface area contributed by atoms with Crippen LogP contribution in [0.2, 0.25) is 5.02 Å². The van der Waals surface area contributed by atoms with Crippen LogP contribution in [-0.2, 0) is 6.42 Å². The molecule has 0 bridgehead atoms. The highest BCUT2D eigenvalue weighted by atomic mass is 35.5. The molecule has 0 aliphatic heterocycles. The average Bonchev–Trinajstić information content (AvgIpc) is 2.53. The zero-order chi connectivity index (χ0) is 17.9. The van der Waals surface area contributed by atoms with E-state index in [4.69, 9.17) is 11.6 Å². The Morgan fingerprint density at radius 1 is 1.12 bits per heavy atom. The number of nitrogens with zero attached hydrogens (tertiary/aromatic N) is 2. The second-order valence-corrected chi connectivity index (χ2v) is 6.68. The summed E-state index contributed by atoms with van der Waals surface area (Å²) in [5.41, 5.74) is 5.50. The molecule has 0 N–H and O–H groups in total. The maximum absolute atomic E-state index is 13.8. The van der Waals surface area contributed by atoms with E-state index in [0.29, 0.717) is 22.6 Å². The van der Waals surface area contributed by atoms with Crippen LogP contribution in [0.25, 0.3) is 0 Å². The Balaban J connectivity index is 2.37. The smallest absolute Gasteiger partial charge is 0.129 e. The first-order chi connectivity index (χ1) is 11.3. The first kappa shape index (κ1) is 18.5. The molecule has 0 saturated heterocycles. The van der Waals surface area contributed by atoms with Gasteiger partial charge in [-0.2, -0.15) is 0 Å². The molecular weight excluding hydrogens is 323 g/mol. The van der Waals surface area contributed by atoms with E-state index in [2.05, 4.69) is 11.9 Å². The topological polar surface area (TPSA) is 15.6 Å². The van der Waals surface area contributed by atoms with Gasteiger partial charge in [0.15, 0.2) is 0 Å². The summed E-state index contributed by atoms with van der Waals surface area (Å²) in [4.78, 5) is 6.55. The Morgan fingerprint density at radius 2 is 1.75 bits per heavy atom. The zero-order valence-electron chi connectivity index (χ0n) is 15.0. The highest BCUT2D eigenvalue weighted by molar-refractivity contribution is 6.31. The lowest BCUT2D eigenvalue weighted by atomic mass is 9.96. The van der Waals surface area contributed by atoms with E-state index in [1.165, 1.54) is 0 Å². The first-order valence-corrected chi connectivity index (χ1v) is 8.48. The van der Waals surface area contributed by atoms with Crippen molar-refractivity contribution in [1.82, 2.24) is 4.90 Å². The quantitative estimate of drug-likeness (QED) is 0.507. The molecule has 0 heterocycles. The molecule has 0 atom stereocenters. The fraction of sp³-hybridized carbons (Fsp3) is 0.350. The molecule has 0 fully saturated rings. The van der Waals surface area contributed by atoms with Crippen LogP contribution in [0, 0.1) is 26.6 Å². The van der Waals surface area contributed by atoms with Crippen LogP contribution in [0.4, 0.5) is 10.1 Å². The number of aliphatic imine (C=N–C) groups is 1. The van der Waals surface area contributed by atoms with Crippen molar-refractivity contribution in [1.29, 1.82) is 0 Å². The number of rotatable bonds is 5. The minimum Gasteiger partial charge on any atom is -0.366 e. The third-order valence-corrected chi connectivity index (χ3v) is 4.45. The van der Waals surface area contributed by atoms with Gasteiger partial charge in [-0.05, 0) is 74.1 Å². The third-order valence-electron chi connectivity index (χ3n) is 4.24. The second-order valence-electron chi connectivity index (χ2n) is 6.25. The number of hydrogen-bond acceptors (Lipinski definition) is 1. The molecule has 4 heteroatoms. The van der Waals surface area contributed by atoms with Crippen molar-refractivity contribution in [2.45, 2.75) is 34.1 Å². The molecule has 0 saturated carbocycles. The van der Waals surface area contributed by atoms with E-state index < -0.39 is 0 Å². The van der Waals surface area contributed by atoms with Crippen molar-refractivity contribution in [2.75, 3.05) is 13.6 Å². The standard InChI is InChI=1S/C20H24ClFN2/c1-6-24(5)12-23-19-11-18(21)10-17(15(19)4)9-16-7-13(2)20(22)14(3)8-16/h7-8,10-12H,6,9H2,1-5H3. The molecule has 0 unspecified atom stereocenters. The molecule has 2 nitrogen and oxygen atoms in total. The van der Waals surface area contributed by atoms with Crippen molar-refractivity contribution in [2.24, 2.45) is 4.99 Å². The summed E-state index contributed by atoms with van der Waals surface area (Å²) in [6, 6.07) is 7.64. The van der Waals surface area contributed by atoms with Gasteiger partial charge in [-0.3, -0.25) is 0 Å². The maximum Gasteiger partial charge on any atom is 0.129 e. The molecule has 2 aromatic rings. The van der Waals surface area contributed by atoms with Crippen LogP contribution in [0.1, 0.15) is 34.7 Å². The lowest BCUT2D eigenvalue weighted by molar-refractivity contribution is 0.552. The predicted octanol–water partition coefficient (Wildman–Crippen LogP) is 5.61. The van der Waals surface area contributed by atoms with Crippen LogP contribution < -0.4 is 0 Å². The molecule has 0 amide bonds. The van der Waals surface area contributed by atoms with Gasteiger partial charge >= 0.3 is 0 Å². The molecule has 2 rings (SSSR count). The molecule has 0 aromatic heterocycles. The van der Waals surface area contributed by atoms with Crippen LogP contribution in [0.15, 0.2) is 29.3 Å². The minimum atomic E-state index is -0.130. The van der Waals surface area contributed by atoms with Gasteiger partial charge < -0.3 is 4.90 Å². The van der Waals surface area contributed by atoms with E-state index in [-0.39, 0.29) is 5.82 Å². The van der Waals surface area contributed by atoms with E-state index in [1.807, 2.05) is 49.5 Å². The SMILES string of the molecule is CCN(C)C=Nc1cc(Cl)cc(Cc2cc(C)c(F)c(C)c2)c1C. The van der Waals surface area contributed by atoms with Gasteiger partial charge in [0, 0.05) is 18.6 Å². The van der Waals surface area contributed by atoms with Gasteiger partial charge in [0.25, 0.3) is 0 Å². The zero-order valence-corrected chi connectivity index (χ0v) is 15.7. The van der Waals surface area contributed by atoms with Crippen LogP contribution in [0.3, 0.4) is 0 Å². The van der Waals surface area contributed by atoms with Gasteiger partial charge in [-0.25, -0.2) is 9.38 Å². The molecule has 2 aromatic carbocycles. The van der Waals surface area contributed by atoms with E-state index in [1.54, 1.807) is 13.8 Å². The normalized spacial score (nSPS) is 11.3. The fourth-order valence-corrected chi connectivity index (χ4v) is 2.87. The van der Waals surface area contributed by atoms with E-state index in [0.717, 1.165) is 28.9 Å². The van der Waals surface area contributed by atoms with Crippen molar-refractivity contribution < 1.29 is 4.39 Å². The summed E-state index contributed by atoms with van der Waals surface area (Å²) < 4.78 is 13.8. The van der Waals surface area contributed by atoms with Gasteiger partial charge in [-0.15, -0.1) is 0 Å². The van der Waals surface area contributed by atoms with Crippen LogP contribution in [0.5, 0.6) is 0 Å². The summed E-state index contributed by atoms with van der Waals surface area (Å²) in [5, 5.41) is 0.664. The Hall–Kier alpha value is -1.87. The van der Waals surface area contributed by atoms with Gasteiger partial charge in [-0.1, -0.05) is 23.7 Å². The number of aryl methyl sites for hydroxylation is 2. The number of hydrogen-bond donors (Lipinski definition) is 0. The molecule has 24 heavy (non-hydrogen) atoms. The molecule has 0 aliphatic rings. The third kappa shape index (κ3) is 4.35. The highest BCUT2D eigenvalue weighted by Gasteiger charge is 2.10. The van der Waals surface area contributed by atoms with Gasteiger partial charge in [0.05, 0.1) is 12.0 Å². The lowest BCUT2D eigenvalue weighted by Crippen LogP contribution is -2.14. The predicted molar refractivity (Wildman–Crippen MR) is 101 cm³/mol. The van der Waals surface area contributed by atoms with Crippen LogP contribution in [-0.4, -0.2) is 24.8 Å². The van der Waals surface area contributed by atoms with Crippen LogP contribution >= 0.6 is 11.6 Å². The maximum atomic E-state index is 13.8. The monoisotopic (exact) mass is 346 g/mol. The molecule has 0 radical (unpaired) electrons. The Kier molecular flexibility index (Phi) is 6.00. The van der Waals surface area contributed by atoms with Crippen molar-refractivity contribution in [3.8, 4) is 0 Å². The average molecular weight is 347 g/mol. The van der Waals surface area contributed by atoms with Crippen molar-refractivity contribution in [3.63, 3.8) is 0 Å². The summed E-state index contributed by atoms with van der Waals surface area (Å²) in [7, 11) is 1.98. The lowest BCUT2D eigenvalue weighted by Gasteiger charge is -2.13. The van der Waals surface area contributed by atoms with Crippen molar-refractivity contribution in [3.05, 3.63) is 62.9 Å². The van der Waals surface area contributed by atoms with E-state index >= 15 is 0 Å². The summed E-state index contributed by atoms with van der Waals surface area (Å²) in [6.45, 7) is 8.61. The second kappa shape index (κ2) is 7.80. The van der Waals surface area contributed by atoms with Crippen molar-refractivity contribution >= 4 is 23.6 Å². The fourth-order valence-electron chi connectivity index (χ4n) is 2.64. The first-order valence-electron chi connectivity index (χ1n) is 8.11. The number of benzene rings is 2. The number of halogens is 2. The van der Waals surface area contributed by atoms with Gasteiger partial charge in [0.2, 0.25) is 0 Å². The van der Waals surface area contributed by atoms with E-state index in [9.17, 15) is 4.39 Å². The Bertz CT molecular complexity index is 745. The Labute approximate surface area is 149 Å². The highest BCUT2D eigenvalue weighted by Crippen LogP contribution is 2.29. The minimum absolute atomic E-state index is 0.130. The Morgan fingerprint density at radius 3 is 2.33 bits per heavy atom. The molecule has 0 aliphatic carbocycles. The molecular formula is C20H24ClFN2. The van der Waals surface area contributed by atoms with Gasteiger partial charge in [0.1, 0.15) is 5.82 Å². The summed E-state index contributed by atoms with van der Waals surface area (Å²) in [6.07, 6.45) is 2.52. The largest absolute Gasteiger partial charge is 0.366 e. The summed E-state index contributed by atoms with van der Waals surface area (Å²) in [5.74, 6) is -0.130. The molecule has 0 spiro atoms. The molecule has 128 valence electrons. The summed E-state index contributed by atoms with van der Waals surface area (Å²) >= 11 is 6.28.